The summed E-state index contributed by atoms with van der Waals surface area (Å²) in [6, 6.07) is 4.89. The lowest BCUT2D eigenvalue weighted by Crippen LogP contribution is -2.16. The number of hydrogen-bond donors (Lipinski definition) is 2. The van der Waals surface area contributed by atoms with Gasteiger partial charge in [0.05, 0.1) is 29.2 Å². The Morgan fingerprint density at radius 2 is 2.00 bits per heavy atom. The minimum absolute atomic E-state index is 0.148. The predicted molar refractivity (Wildman–Crippen MR) is 63.3 cm³/mol. The number of aromatic carboxylic acids is 1. The summed E-state index contributed by atoms with van der Waals surface area (Å²) in [6.45, 7) is 0. The van der Waals surface area contributed by atoms with Gasteiger partial charge >= 0.3 is 5.97 Å². The maximum atomic E-state index is 13.6. The van der Waals surface area contributed by atoms with E-state index in [2.05, 4.69) is 15.5 Å². The van der Waals surface area contributed by atoms with Gasteiger partial charge in [0.2, 0.25) is 0 Å². The average molecular weight is 261 g/mol. The highest BCUT2D eigenvalue weighted by Gasteiger charge is 2.17. The smallest absolute Gasteiger partial charge is 0.337 e. The van der Waals surface area contributed by atoms with Crippen LogP contribution in [0.4, 0.5) is 10.1 Å². The lowest BCUT2D eigenvalue weighted by Gasteiger charge is -2.09. The minimum atomic E-state index is -1.33. The Hall–Kier alpha value is -2.83. The van der Waals surface area contributed by atoms with Crippen molar-refractivity contribution in [2.24, 2.45) is 0 Å². The first-order valence-corrected chi connectivity index (χ1v) is 5.19. The second-order valence-corrected chi connectivity index (χ2v) is 3.55. The van der Waals surface area contributed by atoms with Gasteiger partial charge < -0.3 is 10.4 Å². The molecule has 0 fully saturated rings. The number of benzene rings is 1. The molecule has 0 bridgehead atoms. The molecule has 2 aromatic rings. The number of carboxylic acid groups (broad SMARTS) is 1. The van der Waals surface area contributed by atoms with Crippen molar-refractivity contribution in [3.8, 4) is 0 Å². The highest BCUT2D eigenvalue weighted by Crippen LogP contribution is 2.20. The zero-order valence-electron chi connectivity index (χ0n) is 9.50. The lowest BCUT2D eigenvalue weighted by atomic mass is 10.1. The number of rotatable bonds is 3. The Bertz CT molecular complexity index is 631. The highest BCUT2D eigenvalue weighted by molar-refractivity contribution is 6.07. The summed E-state index contributed by atoms with van der Waals surface area (Å²) in [5.74, 6) is -2.82. The average Bonchev–Trinajstić information content (AvgIpc) is 2.41. The molecule has 0 aliphatic rings. The number of amides is 1. The molecule has 2 N–H and O–H groups in total. The SMILES string of the molecule is O=C(Nc1c(F)cccc1C(=O)O)c1ccnnc1. The van der Waals surface area contributed by atoms with Gasteiger partial charge in [-0.1, -0.05) is 6.07 Å². The topological polar surface area (TPSA) is 92.2 Å². The highest BCUT2D eigenvalue weighted by atomic mass is 19.1. The molecule has 1 aromatic heterocycles. The quantitative estimate of drug-likeness (QED) is 0.874. The van der Waals surface area contributed by atoms with Crippen LogP contribution in [0, 0.1) is 5.82 Å². The van der Waals surface area contributed by atoms with Crippen molar-refractivity contribution in [1.29, 1.82) is 0 Å². The molecule has 0 spiro atoms. The number of carbonyl (C=O) groups is 2. The number of anilines is 1. The molecule has 1 heterocycles. The molecule has 2 rings (SSSR count). The molecule has 0 saturated carbocycles. The number of carbonyl (C=O) groups excluding carboxylic acids is 1. The van der Waals surface area contributed by atoms with E-state index in [1.807, 2.05) is 0 Å². The number of nitrogens with one attached hydrogen (secondary N) is 1. The summed E-state index contributed by atoms with van der Waals surface area (Å²) < 4.78 is 13.6. The third kappa shape index (κ3) is 2.71. The van der Waals surface area contributed by atoms with Crippen molar-refractivity contribution in [2.75, 3.05) is 5.32 Å². The number of halogens is 1. The van der Waals surface area contributed by atoms with Crippen LogP contribution in [0.5, 0.6) is 0 Å². The molecule has 0 atom stereocenters. The summed E-state index contributed by atoms with van der Waals surface area (Å²) in [5, 5.41) is 18.2. The van der Waals surface area contributed by atoms with Crippen LogP contribution < -0.4 is 5.32 Å². The maximum Gasteiger partial charge on any atom is 0.337 e. The van der Waals surface area contributed by atoms with E-state index in [1.165, 1.54) is 30.6 Å². The first-order valence-electron chi connectivity index (χ1n) is 5.19. The van der Waals surface area contributed by atoms with E-state index in [-0.39, 0.29) is 16.8 Å². The molecule has 6 nitrogen and oxygen atoms in total. The fraction of sp³-hybridized carbons (Fsp3) is 0. The standard InChI is InChI=1S/C12H8FN3O3/c13-9-3-1-2-8(12(18)19)10(9)16-11(17)7-4-5-14-15-6-7/h1-6H,(H,16,17)(H,18,19). The molecule has 19 heavy (non-hydrogen) atoms. The number of nitrogens with zero attached hydrogens (tertiary/aromatic N) is 2. The monoisotopic (exact) mass is 261 g/mol. The van der Waals surface area contributed by atoms with Gasteiger partial charge in [0.1, 0.15) is 5.82 Å². The summed E-state index contributed by atoms with van der Waals surface area (Å²) in [4.78, 5) is 22.8. The first kappa shape index (κ1) is 12.6. The van der Waals surface area contributed by atoms with E-state index in [0.717, 1.165) is 6.07 Å². The van der Waals surface area contributed by atoms with Crippen molar-refractivity contribution < 1.29 is 19.1 Å². The van der Waals surface area contributed by atoms with Crippen LogP contribution in [-0.4, -0.2) is 27.2 Å². The fourth-order valence-corrected chi connectivity index (χ4v) is 1.44. The Kier molecular flexibility index (Phi) is 3.46. The third-order valence-electron chi connectivity index (χ3n) is 2.33. The maximum absolute atomic E-state index is 13.6. The predicted octanol–water partition coefficient (Wildman–Crippen LogP) is 1.57. The van der Waals surface area contributed by atoms with Gasteiger partial charge in [-0.3, -0.25) is 4.79 Å². The minimum Gasteiger partial charge on any atom is -0.478 e. The van der Waals surface area contributed by atoms with Gasteiger partial charge in [-0.2, -0.15) is 10.2 Å². The van der Waals surface area contributed by atoms with E-state index < -0.39 is 17.7 Å². The molecule has 1 amide bonds. The summed E-state index contributed by atoms with van der Waals surface area (Å²) in [7, 11) is 0. The molecular weight excluding hydrogens is 253 g/mol. The van der Waals surface area contributed by atoms with E-state index in [4.69, 9.17) is 5.11 Å². The normalized spacial score (nSPS) is 9.95. The Balaban J connectivity index is 2.34. The van der Waals surface area contributed by atoms with Gasteiger partial charge in [-0.05, 0) is 18.2 Å². The lowest BCUT2D eigenvalue weighted by molar-refractivity contribution is 0.0697. The Morgan fingerprint density at radius 1 is 1.21 bits per heavy atom. The molecular formula is C12H8FN3O3. The van der Waals surface area contributed by atoms with Gasteiger partial charge in [-0.15, -0.1) is 0 Å². The molecule has 1 aromatic carbocycles. The molecule has 0 saturated heterocycles. The number of para-hydroxylation sites is 1. The van der Waals surface area contributed by atoms with Crippen LogP contribution >= 0.6 is 0 Å². The second-order valence-electron chi connectivity index (χ2n) is 3.55. The summed E-state index contributed by atoms with van der Waals surface area (Å²) in [6.07, 6.45) is 2.49. The molecule has 0 aliphatic heterocycles. The van der Waals surface area contributed by atoms with E-state index in [0.29, 0.717) is 0 Å². The second kappa shape index (κ2) is 5.21. The van der Waals surface area contributed by atoms with Crippen LogP contribution in [0.2, 0.25) is 0 Å². The third-order valence-corrected chi connectivity index (χ3v) is 2.33. The molecule has 96 valence electrons. The van der Waals surface area contributed by atoms with Crippen molar-refractivity contribution in [3.05, 3.63) is 53.6 Å². The van der Waals surface area contributed by atoms with Gasteiger partial charge in [0.15, 0.2) is 0 Å². The van der Waals surface area contributed by atoms with Gasteiger partial charge in [-0.25, -0.2) is 9.18 Å². The zero-order chi connectivity index (χ0) is 13.8. The number of aromatic nitrogens is 2. The zero-order valence-corrected chi connectivity index (χ0v) is 9.50. The van der Waals surface area contributed by atoms with Crippen LogP contribution in [0.3, 0.4) is 0 Å². The van der Waals surface area contributed by atoms with Crippen LogP contribution in [0.15, 0.2) is 36.7 Å². The molecule has 7 heteroatoms. The number of hydrogen-bond acceptors (Lipinski definition) is 4. The molecule has 0 radical (unpaired) electrons. The Morgan fingerprint density at radius 3 is 2.63 bits per heavy atom. The van der Waals surface area contributed by atoms with Gasteiger partial charge in [0, 0.05) is 0 Å². The van der Waals surface area contributed by atoms with Crippen LogP contribution in [0.25, 0.3) is 0 Å². The van der Waals surface area contributed by atoms with Crippen LogP contribution in [0.1, 0.15) is 20.7 Å². The van der Waals surface area contributed by atoms with E-state index >= 15 is 0 Å². The summed E-state index contributed by atoms with van der Waals surface area (Å²) >= 11 is 0. The Labute approximate surface area is 106 Å². The van der Waals surface area contributed by atoms with Crippen molar-refractivity contribution in [3.63, 3.8) is 0 Å². The van der Waals surface area contributed by atoms with Crippen molar-refractivity contribution in [2.45, 2.75) is 0 Å². The van der Waals surface area contributed by atoms with E-state index in [1.54, 1.807) is 0 Å². The number of carboxylic acids is 1. The fourth-order valence-electron chi connectivity index (χ4n) is 1.44. The van der Waals surface area contributed by atoms with Gasteiger partial charge in [0.25, 0.3) is 5.91 Å². The molecule has 0 unspecified atom stereocenters. The van der Waals surface area contributed by atoms with E-state index in [9.17, 15) is 14.0 Å². The largest absolute Gasteiger partial charge is 0.478 e. The first-order chi connectivity index (χ1) is 9.09. The molecule has 0 aliphatic carbocycles. The van der Waals surface area contributed by atoms with Crippen LogP contribution in [-0.2, 0) is 0 Å². The van der Waals surface area contributed by atoms with Crippen molar-refractivity contribution >= 4 is 17.6 Å². The summed E-state index contributed by atoms with van der Waals surface area (Å²) in [5.41, 5.74) is -0.554. The van der Waals surface area contributed by atoms with Crippen molar-refractivity contribution in [1.82, 2.24) is 10.2 Å².